The maximum atomic E-state index is 3.48. The lowest BCUT2D eigenvalue weighted by atomic mass is 10.1. The number of benzene rings is 1. The van der Waals surface area contributed by atoms with Crippen molar-refractivity contribution >= 4 is 10.9 Å². The monoisotopic (exact) mass is 202 g/mol. The van der Waals surface area contributed by atoms with Gasteiger partial charge < -0.3 is 10.3 Å². The molecule has 0 aliphatic heterocycles. The van der Waals surface area contributed by atoms with E-state index in [4.69, 9.17) is 0 Å². The smallest absolute Gasteiger partial charge is 0.0488 e. The highest BCUT2D eigenvalue weighted by Gasteiger charge is 2.08. The lowest BCUT2D eigenvalue weighted by Gasteiger charge is -2.00. The molecule has 0 aliphatic rings. The van der Waals surface area contributed by atoms with Gasteiger partial charge in [-0.05, 0) is 45.0 Å². The number of aromatic amines is 1. The zero-order chi connectivity index (χ0) is 10.8. The van der Waals surface area contributed by atoms with E-state index in [9.17, 15) is 0 Å². The van der Waals surface area contributed by atoms with Crippen LogP contribution < -0.4 is 5.32 Å². The molecule has 0 atom stereocenters. The van der Waals surface area contributed by atoms with Crippen LogP contribution in [0.5, 0.6) is 0 Å². The summed E-state index contributed by atoms with van der Waals surface area (Å²) < 4.78 is 0. The first kappa shape index (κ1) is 10.2. The highest BCUT2D eigenvalue weighted by atomic mass is 14.8. The maximum absolute atomic E-state index is 3.48. The third kappa shape index (κ3) is 1.77. The molecule has 0 saturated heterocycles. The van der Waals surface area contributed by atoms with Gasteiger partial charge in [0.05, 0.1) is 0 Å². The van der Waals surface area contributed by atoms with Crippen molar-refractivity contribution in [3.8, 4) is 0 Å². The molecule has 0 bridgehead atoms. The number of para-hydroxylation sites is 1. The van der Waals surface area contributed by atoms with Crippen LogP contribution in [-0.4, -0.2) is 18.6 Å². The van der Waals surface area contributed by atoms with E-state index in [0.717, 1.165) is 13.0 Å². The standard InChI is InChI=1S/C13H18N2/c1-9-5-4-6-12-11(7-8-14-3)10(2)15-13(9)12/h4-6,14-15H,7-8H2,1-3H3. The van der Waals surface area contributed by atoms with E-state index < -0.39 is 0 Å². The Morgan fingerprint density at radius 2 is 2.07 bits per heavy atom. The van der Waals surface area contributed by atoms with Crippen molar-refractivity contribution in [1.29, 1.82) is 0 Å². The normalized spacial score (nSPS) is 11.1. The third-order valence-corrected chi connectivity index (χ3v) is 2.99. The molecular weight excluding hydrogens is 184 g/mol. The van der Waals surface area contributed by atoms with Crippen molar-refractivity contribution in [3.05, 3.63) is 35.0 Å². The number of rotatable bonds is 3. The minimum Gasteiger partial charge on any atom is -0.358 e. The van der Waals surface area contributed by atoms with Gasteiger partial charge in [-0.3, -0.25) is 0 Å². The molecule has 1 aromatic heterocycles. The predicted molar refractivity (Wildman–Crippen MR) is 65.4 cm³/mol. The van der Waals surface area contributed by atoms with Crippen molar-refractivity contribution in [2.24, 2.45) is 0 Å². The summed E-state index contributed by atoms with van der Waals surface area (Å²) in [6, 6.07) is 6.49. The first-order valence-electron chi connectivity index (χ1n) is 5.45. The van der Waals surface area contributed by atoms with Gasteiger partial charge in [0, 0.05) is 16.6 Å². The Kier molecular flexibility index (Phi) is 2.78. The molecule has 0 amide bonds. The number of H-pyrrole nitrogens is 1. The van der Waals surface area contributed by atoms with Gasteiger partial charge in [-0.15, -0.1) is 0 Å². The number of hydrogen-bond acceptors (Lipinski definition) is 1. The molecule has 0 saturated carbocycles. The van der Waals surface area contributed by atoms with Gasteiger partial charge in [-0.2, -0.15) is 0 Å². The van der Waals surface area contributed by atoms with Gasteiger partial charge in [0.1, 0.15) is 0 Å². The Morgan fingerprint density at radius 1 is 1.27 bits per heavy atom. The quantitative estimate of drug-likeness (QED) is 0.786. The summed E-state index contributed by atoms with van der Waals surface area (Å²) in [5, 5.41) is 4.58. The van der Waals surface area contributed by atoms with Gasteiger partial charge >= 0.3 is 0 Å². The van der Waals surface area contributed by atoms with E-state index in [1.54, 1.807) is 0 Å². The SMILES string of the molecule is CNCCc1c(C)[nH]c2c(C)cccc12. The topological polar surface area (TPSA) is 27.8 Å². The number of aryl methyl sites for hydroxylation is 2. The molecule has 1 heterocycles. The molecule has 2 heteroatoms. The minimum atomic E-state index is 1.03. The van der Waals surface area contributed by atoms with Gasteiger partial charge in [0.25, 0.3) is 0 Å². The molecule has 2 N–H and O–H groups in total. The summed E-state index contributed by atoms with van der Waals surface area (Å²) in [6.45, 7) is 5.34. The molecule has 0 spiro atoms. The Labute approximate surface area is 90.7 Å². The summed E-state index contributed by atoms with van der Waals surface area (Å²) in [4.78, 5) is 3.48. The molecule has 15 heavy (non-hydrogen) atoms. The molecule has 2 nitrogen and oxygen atoms in total. The van der Waals surface area contributed by atoms with Crippen LogP contribution in [0.1, 0.15) is 16.8 Å². The summed E-state index contributed by atoms with van der Waals surface area (Å²) in [5.74, 6) is 0. The Bertz CT molecular complexity index is 469. The number of aromatic nitrogens is 1. The Balaban J connectivity index is 2.53. The fourth-order valence-electron chi connectivity index (χ4n) is 2.12. The first-order chi connectivity index (χ1) is 7.24. The summed E-state index contributed by atoms with van der Waals surface area (Å²) in [5.41, 5.74) is 5.37. The first-order valence-corrected chi connectivity index (χ1v) is 5.45. The van der Waals surface area contributed by atoms with Crippen LogP contribution in [0.3, 0.4) is 0 Å². The van der Waals surface area contributed by atoms with Crippen molar-refractivity contribution < 1.29 is 0 Å². The van der Waals surface area contributed by atoms with Gasteiger partial charge in [-0.25, -0.2) is 0 Å². The molecule has 2 aromatic rings. The number of fused-ring (bicyclic) bond motifs is 1. The largest absolute Gasteiger partial charge is 0.358 e. The second-order valence-electron chi connectivity index (χ2n) is 4.08. The van der Waals surface area contributed by atoms with E-state index in [0.29, 0.717) is 0 Å². The van der Waals surface area contributed by atoms with E-state index in [1.807, 2.05) is 7.05 Å². The second kappa shape index (κ2) is 4.07. The van der Waals surface area contributed by atoms with Crippen molar-refractivity contribution in [3.63, 3.8) is 0 Å². The number of hydrogen-bond donors (Lipinski definition) is 2. The molecule has 0 fully saturated rings. The predicted octanol–water partition coefficient (Wildman–Crippen LogP) is 2.55. The van der Waals surface area contributed by atoms with Crippen LogP contribution in [0.4, 0.5) is 0 Å². The lowest BCUT2D eigenvalue weighted by Crippen LogP contribution is -2.10. The lowest BCUT2D eigenvalue weighted by molar-refractivity contribution is 0.791. The van der Waals surface area contributed by atoms with Crippen LogP contribution in [0.2, 0.25) is 0 Å². The molecule has 1 aromatic carbocycles. The maximum Gasteiger partial charge on any atom is 0.0488 e. The molecule has 0 radical (unpaired) electrons. The molecule has 0 aliphatic carbocycles. The molecule has 80 valence electrons. The highest BCUT2D eigenvalue weighted by molar-refractivity contribution is 5.87. The van der Waals surface area contributed by atoms with E-state index in [-0.39, 0.29) is 0 Å². The van der Waals surface area contributed by atoms with Gasteiger partial charge in [0.2, 0.25) is 0 Å². The van der Waals surface area contributed by atoms with Gasteiger partial charge in [0.15, 0.2) is 0 Å². The summed E-state index contributed by atoms with van der Waals surface area (Å²) >= 11 is 0. The van der Waals surface area contributed by atoms with Crippen LogP contribution in [0, 0.1) is 13.8 Å². The van der Waals surface area contributed by atoms with Crippen LogP contribution >= 0.6 is 0 Å². The zero-order valence-corrected chi connectivity index (χ0v) is 9.65. The fourth-order valence-corrected chi connectivity index (χ4v) is 2.12. The van der Waals surface area contributed by atoms with Gasteiger partial charge in [-0.1, -0.05) is 18.2 Å². The van der Waals surface area contributed by atoms with E-state index >= 15 is 0 Å². The Hall–Kier alpha value is -1.28. The highest BCUT2D eigenvalue weighted by Crippen LogP contribution is 2.24. The fraction of sp³-hybridized carbons (Fsp3) is 0.385. The summed E-state index contributed by atoms with van der Waals surface area (Å²) in [6.07, 6.45) is 1.09. The van der Waals surface area contributed by atoms with E-state index in [1.165, 1.54) is 27.7 Å². The molecule has 0 unspecified atom stereocenters. The average Bonchev–Trinajstić information content (AvgIpc) is 2.54. The Morgan fingerprint density at radius 3 is 2.80 bits per heavy atom. The second-order valence-corrected chi connectivity index (χ2v) is 4.08. The van der Waals surface area contributed by atoms with Crippen molar-refractivity contribution in [1.82, 2.24) is 10.3 Å². The average molecular weight is 202 g/mol. The number of likely N-dealkylation sites (N-methyl/N-ethyl adjacent to an activating group) is 1. The third-order valence-electron chi connectivity index (χ3n) is 2.99. The van der Waals surface area contributed by atoms with Crippen molar-refractivity contribution in [2.75, 3.05) is 13.6 Å². The van der Waals surface area contributed by atoms with Crippen LogP contribution in [-0.2, 0) is 6.42 Å². The van der Waals surface area contributed by atoms with Crippen LogP contribution in [0.25, 0.3) is 10.9 Å². The summed E-state index contributed by atoms with van der Waals surface area (Å²) in [7, 11) is 2.00. The van der Waals surface area contributed by atoms with Crippen LogP contribution in [0.15, 0.2) is 18.2 Å². The van der Waals surface area contributed by atoms with E-state index in [2.05, 4.69) is 42.3 Å². The zero-order valence-electron chi connectivity index (χ0n) is 9.65. The van der Waals surface area contributed by atoms with Crippen molar-refractivity contribution in [2.45, 2.75) is 20.3 Å². The molecular formula is C13H18N2. The minimum absolute atomic E-state index is 1.03. The molecule has 2 rings (SSSR count). The number of nitrogens with one attached hydrogen (secondary N) is 2.